The second kappa shape index (κ2) is 6.23. The van der Waals surface area contributed by atoms with Gasteiger partial charge in [0, 0.05) is 5.56 Å². The van der Waals surface area contributed by atoms with E-state index in [0.717, 1.165) is 17.7 Å². The minimum absolute atomic E-state index is 0.277. The molecular weight excluding hydrogens is 276 g/mol. The second-order valence-corrected chi connectivity index (χ2v) is 5.99. The van der Waals surface area contributed by atoms with Gasteiger partial charge in [-0.05, 0) is 49.0 Å². The smallest absolute Gasteiger partial charge is 0.218 e. The van der Waals surface area contributed by atoms with Crippen molar-refractivity contribution in [3.63, 3.8) is 0 Å². The van der Waals surface area contributed by atoms with Crippen molar-refractivity contribution in [3.8, 4) is 17.6 Å². The number of hydrogen-bond acceptors (Lipinski definition) is 4. The van der Waals surface area contributed by atoms with Gasteiger partial charge in [-0.2, -0.15) is 5.26 Å². The third kappa shape index (κ3) is 2.99. The van der Waals surface area contributed by atoms with Crippen molar-refractivity contribution in [1.82, 2.24) is 0 Å². The molecule has 1 heterocycles. The highest BCUT2D eigenvalue weighted by Crippen LogP contribution is 2.48. The molecule has 0 aromatic heterocycles. The summed E-state index contributed by atoms with van der Waals surface area (Å²) < 4.78 is 11.5. The van der Waals surface area contributed by atoms with Crippen molar-refractivity contribution in [1.29, 1.82) is 10.7 Å². The first-order valence-electron chi connectivity index (χ1n) is 7.76. The van der Waals surface area contributed by atoms with E-state index in [0.29, 0.717) is 17.6 Å². The number of allylic oxidation sites excluding steroid dienone is 2. The van der Waals surface area contributed by atoms with Crippen molar-refractivity contribution in [2.45, 2.75) is 32.3 Å². The number of nitriles is 1. The molecule has 1 fully saturated rings. The van der Waals surface area contributed by atoms with Crippen LogP contribution in [0.1, 0.15) is 31.7 Å². The number of benzene rings is 1. The quantitative estimate of drug-likeness (QED) is 0.840. The predicted octanol–water partition coefficient (Wildman–Crippen LogP) is 3.82. The summed E-state index contributed by atoms with van der Waals surface area (Å²) >= 11 is 0. The fraction of sp³-hybridized carbons (Fsp3) is 0.444. The minimum Gasteiger partial charge on any atom is -0.485 e. The zero-order valence-electron chi connectivity index (χ0n) is 12.7. The van der Waals surface area contributed by atoms with Gasteiger partial charge in [-0.3, -0.25) is 0 Å². The summed E-state index contributed by atoms with van der Waals surface area (Å²) in [5.41, 5.74) is 2.31. The molecule has 1 aliphatic heterocycles. The Labute approximate surface area is 130 Å². The molecular formula is C18H20N2O2. The van der Waals surface area contributed by atoms with E-state index in [4.69, 9.17) is 20.1 Å². The van der Waals surface area contributed by atoms with Crippen molar-refractivity contribution >= 4 is 11.8 Å². The van der Waals surface area contributed by atoms with Gasteiger partial charge >= 0.3 is 0 Å². The van der Waals surface area contributed by atoms with E-state index in [9.17, 15) is 0 Å². The Morgan fingerprint density at radius 2 is 2.32 bits per heavy atom. The van der Waals surface area contributed by atoms with E-state index in [1.807, 2.05) is 18.2 Å². The van der Waals surface area contributed by atoms with Crippen LogP contribution in [0.3, 0.4) is 0 Å². The lowest BCUT2D eigenvalue weighted by atomic mass is 9.94. The highest BCUT2D eigenvalue weighted by molar-refractivity contribution is 5.76. The zero-order chi connectivity index (χ0) is 15.5. The first-order valence-corrected chi connectivity index (χ1v) is 7.76. The summed E-state index contributed by atoms with van der Waals surface area (Å²) in [6.07, 6.45) is 6.27. The van der Waals surface area contributed by atoms with E-state index in [1.165, 1.54) is 24.6 Å². The molecule has 0 saturated heterocycles. The van der Waals surface area contributed by atoms with Crippen molar-refractivity contribution in [2.75, 3.05) is 6.61 Å². The lowest BCUT2D eigenvalue weighted by Gasteiger charge is -2.25. The highest BCUT2D eigenvalue weighted by Gasteiger charge is 2.32. The van der Waals surface area contributed by atoms with Crippen LogP contribution in [0.5, 0.6) is 11.5 Å². The highest BCUT2D eigenvalue weighted by atomic mass is 16.6. The Morgan fingerprint density at radius 3 is 3.00 bits per heavy atom. The van der Waals surface area contributed by atoms with E-state index in [-0.39, 0.29) is 6.61 Å². The number of ether oxygens (including phenoxy) is 2. The first kappa shape index (κ1) is 14.6. The SMILES string of the molecule is CC(C=C(c1cccc2c1OC(C#N)CO2)C1CC1)CC=N. The van der Waals surface area contributed by atoms with Gasteiger partial charge in [0.1, 0.15) is 12.7 Å². The largest absolute Gasteiger partial charge is 0.485 e. The van der Waals surface area contributed by atoms with Crippen LogP contribution >= 0.6 is 0 Å². The molecule has 1 aromatic rings. The van der Waals surface area contributed by atoms with Crippen LogP contribution in [0.2, 0.25) is 0 Å². The second-order valence-electron chi connectivity index (χ2n) is 5.99. The third-order valence-corrected chi connectivity index (χ3v) is 4.06. The lowest BCUT2D eigenvalue weighted by Crippen LogP contribution is -2.28. The molecule has 2 aliphatic rings. The average Bonchev–Trinajstić information content (AvgIpc) is 3.36. The minimum atomic E-state index is -0.548. The summed E-state index contributed by atoms with van der Waals surface area (Å²) in [5, 5.41) is 16.4. The third-order valence-electron chi connectivity index (χ3n) is 4.06. The summed E-state index contributed by atoms with van der Waals surface area (Å²) in [6, 6.07) is 8.03. The van der Waals surface area contributed by atoms with Crippen molar-refractivity contribution in [2.24, 2.45) is 11.8 Å². The van der Waals surface area contributed by atoms with Crippen LogP contribution in [0.15, 0.2) is 24.3 Å². The van der Waals surface area contributed by atoms with Gasteiger partial charge in [-0.25, -0.2) is 0 Å². The number of nitrogens with one attached hydrogen (secondary N) is 1. The Morgan fingerprint density at radius 1 is 1.50 bits per heavy atom. The number of nitrogens with zero attached hydrogens (tertiary/aromatic N) is 1. The van der Waals surface area contributed by atoms with Gasteiger partial charge in [0.05, 0.1) is 0 Å². The molecule has 3 rings (SSSR count). The summed E-state index contributed by atoms with van der Waals surface area (Å²) in [7, 11) is 0. The molecule has 1 aromatic carbocycles. The van der Waals surface area contributed by atoms with Gasteiger partial charge in [0.15, 0.2) is 11.5 Å². The fourth-order valence-electron chi connectivity index (χ4n) is 2.78. The topological polar surface area (TPSA) is 66.1 Å². The molecule has 4 heteroatoms. The van der Waals surface area contributed by atoms with Gasteiger partial charge in [-0.1, -0.05) is 25.1 Å². The van der Waals surface area contributed by atoms with E-state index >= 15 is 0 Å². The van der Waals surface area contributed by atoms with Gasteiger partial charge in [-0.15, -0.1) is 0 Å². The average molecular weight is 296 g/mol. The Kier molecular flexibility index (Phi) is 4.15. The number of hydrogen-bond donors (Lipinski definition) is 1. The molecule has 22 heavy (non-hydrogen) atoms. The number of para-hydroxylation sites is 1. The maximum absolute atomic E-state index is 9.09. The predicted molar refractivity (Wildman–Crippen MR) is 85.2 cm³/mol. The zero-order valence-corrected chi connectivity index (χ0v) is 12.7. The van der Waals surface area contributed by atoms with Crippen LogP contribution in [-0.4, -0.2) is 18.9 Å². The Bertz CT molecular complexity index is 641. The van der Waals surface area contributed by atoms with Gasteiger partial charge in [0.2, 0.25) is 6.10 Å². The number of fused-ring (bicyclic) bond motifs is 1. The fourth-order valence-corrected chi connectivity index (χ4v) is 2.78. The molecule has 0 bridgehead atoms. The Hall–Kier alpha value is -2.28. The monoisotopic (exact) mass is 296 g/mol. The summed E-state index contributed by atoms with van der Waals surface area (Å²) in [4.78, 5) is 0. The van der Waals surface area contributed by atoms with Gasteiger partial charge < -0.3 is 14.9 Å². The van der Waals surface area contributed by atoms with E-state index in [2.05, 4.69) is 19.1 Å². The molecule has 1 aliphatic carbocycles. The molecule has 0 radical (unpaired) electrons. The van der Waals surface area contributed by atoms with Crippen molar-refractivity contribution in [3.05, 3.63) is 29.8 Å². The van der Waals surface area contributed by atoms with Crippen LogP contribution in [-0.2, 0) is 0 Å². The Balaban J connectivity index is 1.99. The lowest BCUT2D eigenvalue weighted by molar-refractivity contribution is 0.127. The van der Waals surface area contributed by atoms with Crippen LogP contribution < -0.4 is 9.47 Å². The molecule has 2 atom stereocenters. The molecule has 4 nitrogen and oxygen atoms in total. The van der Waals surface area contributed by atoms with E-state index in [1.54, 1.807) is 0 Å². The molecule has 0 spiro atoms. The van der Waals surface area contributed by atoms with E-state index < -0.39 is 6.10 Å². The maximum Gasteiger partial charge on any atom is 0.218 e. The van der Waals surface area contributed by atoms with Gasteiger partial charge in [0.25, 0.3) is 0 Å². The van der Waals surface area contributed by atoms with Crippen molar-refractivity contribution < 1.29 is 9.47 Å². The summed E-state index contributed by atoms with van der Waals surface area (Å²) in [6.45, 7) is 2.40. The number of rotatable bonds is 5. The van der Waals surface area contributed by atoms with Crippen LogP contribution in [0.25, 0.3) is 5.57 Å². The molecule has 1 saturated carbocycles. The van der Waals surface area contributed by atoms with Crippen LogP contribution in [0.4, 0.5) is 0 Å². The summed E-state index contributed by atoms with van der Waals surface area (Å²) in [5.74, 6) is 2.29. The maximum atomic E-state index is 9.09. The molecule has 114 valence electrons. The normalized spacial score (nSPS) is 21.8. The molecule has 1 N–H and O–H groups in total. The molecule has 2 unspecified atom stereocenters. The van der Waals surface area contributed by atoms with Crippen LogP contribution in [0, 0.1) is 28.6 Å². The molecule has 0 amide bonds. The first-order chi connectivity index (χ1) is 10.7. The standard InChI is InChI=1S/C18H20N2O2/c1-12(7-8-19)9-16(13-5-6-13)15-3-2-4-17-18(15)22-14(10-20)11-21-17/h2-4,8-9,12-14,19H,5-7,11H2,1H3.